The van der Waals surface area contributed by atoms with Gasteiger partial charge in [-0.25, -0.2) is 0 Å². The van der Waals surface area contributed by atoms with E-state index in [9.17, 15) is 0 Å². The molecule has 0 aromatic heterocycles. The van der Waals surface area contributed by atoms with Gasteiger partial charge < -0.3 is 14.6 Å². The summed E-state index contributed by atoms with van der Waals surface area (Å²) in [5, 5.41) is 8.84. The highest BCUT2D eigenvalue weighted by Gasteiger charge is 2.26. The van der Waals surface area contributed by atoms with Gasteiger partial charge in [0.15, 0.2) is 11.5 Å². The number of hydrogen-bond acceptors (Lipinski definition) is 3. The second-order valence-electron chi connectivity index (χ2n) is 4.25. The molecule has 0 bridgehead atoms. The lowest BCUT2D eigenvalue weighted by atomic mass is 10.1. The minimum absolute atomic E-state index is 0.209. The van der Waals surface area contributed by atoms with Crippen molar-refractivity contribution in [3.63, 3.8) is 0 Å². The number of halogens is 1. The molecule has 0 spiro atoms. The SMILES string of the molecule is COc1cc(CCCO)cc(Br)c1OC1CC1. The Morgan fingerprint density at radius 1 is 1.41 bits per heavy atom. The molecule has 1 saturated carbocycles. The Kier molecular flexibility index (Phi) is 4.29. The molecule has 4 heteroatoms. The molecule has 2 rings (SSSR count). The van der Waals surface area contributed by atoms with E-state index in [4.69, 9.17) is 14.6 Å². The van der Waals surface area contributed by atoms with Crippen LogP contribution in [0.2, 0.25) is 0 Å². The van der Waals surface area contributed by atoms with Crippen molar-refractivity contribution in [2.45, 2.75) is 31.8 Å². The summed E-state index contributed by atoms with van der Waals surface area (Å²) in [6.07, 6.45) is 4.21. The Morgan fingerprint density at radius 2 is 2.18 bits per heavy atom. The van der Waals surface area contributed by atoms with Crippen molar-refractivity contribution < 1.29 is 14.6 Å². The fourth-order valence-corrected chi connectivity index (χ4v) is 2.25. The van der Waals surface area contributed by atoms with E-state index in [0.717, 1.165) is 47.2 Å². The number of hydrogen-bond donors (Lipinski definition) is 1. The van der Waals surface area contributed by atoms with Crippen LogP contribution in [0.3, 0.4) is 0 Å². The van der Waals surface area contributed by atoms with E-state index in [2.05, 4.69) is 15.9 Å². The lowest BCUT2D eigenvalue weighted by molar-refractivity contribution is 0.279. The second kappa shape index (κ2) is 5.74. The molecule has 94 valence electrons. The fourth-order valence-electron chi connectivity index (χ4n) is 1.67. The Morgan fingerprint density at radius 3 is 2.76 bits per heavy atom. The highest BCUT2D eigenvalue weighted by molar-refractivity contribution is 9.10. The van der Waals surface area contributed by atoms with Crippen molar-refractivity contribution in [2.24, 2.45) is 0 Å². The molecule has 0 unspecified atom stereocenters. The van der Waals surface area contributed by atoms with E-state index < -0.39 is 0 Å². The van der Waals surface area contributed by atoms with Crippen LogP contribution in [0.4, 0.5) is 0 Å². The third-order valence-electron chi connectivity index (χ3n) is 2.72. The summed E-state index contributed by atoms with van der Waals surface area (Å²) < 4.78 is 12.1. The molecule has 1 aromatic rings. The highest BCUT2D eigenvalue weighted by Crippen LogP contribution is 2.40. The van der Waals surface area contributed by atoms with Gasteiger partial charge in [-0.2, -0.15) is 0 Å². The van der Waals surface area contributed by atoms with Crippen molar-refractivity contribution in [3.8, 4) is 11.5 Å². The molecular formula is C13H17BrO3. The zero-order valence-electron chi connectivity index (χ0n) is 9.91. The first-order valence-electron chi connectivity index (χ1n) is 5.88. The van der Waals surface area contributed by atoms with Gasteiger partial charge in [0, 0.05) is 6.61 Å². The smallest absolute Gasteiger partial charge is 0.175 e. The first kappa shape index (κ1) is 12.7. The van der Waals surface area contributed by atoms with Crippen LogP contribution in [0.15, 0.2) is 16.6 Å². The van der Waals surface area contributed by atoms with E-state index in [1.165, 1.54) is 0 Å². The Hall–Kier alpha value is -0.740. The fraction of sp³-hybridized carbons (Fsp3) is 0.538. The van der Waals surface area contributed by atoms with E-state index >= 15 is 0 Å². The number of ether oxygens (including phenoxy) is 2. The summed E-state index contributed by atoms with van der Waals surface area (Å²) in [7, 11) is 1.65. The second-order valence-corrected chi connectivity index (χ2v) is 5.11. The Balaban J connectivity index is 2.19. The van der Waals surface area contributed by atoms with Gasteiger partial charge in [0.25, 0.3) is 0 Å². The third kappa shape index (κ3) is 3.36. The van der Waals surface area contributed by atoms with Crippen molar-refractivity contribution in [1.82, 2.24) is 0 Å². The van der Waals surface area contributed by atoms with E-state index in [0.29, 0.717) is 6.10 Å². The van der Waals surface area contributed by atoms with Crippen molar-refractivity contribution in [1.29, 1.82) is 0 Å². The number of aliphatic hydroxyl groups is 1. The summed E-state index contributed by atoms with van der Waals surface area (Å²) in [5.74, 6) is 1.56. The maximum absolute atomic E-state index is 8.84. The molecule has 0 amide bonds. The van der Waals surface area contributed by atoms with Crippen LogP contribution >= 0.6 is 15.9 Å². The molecule has 1 aliphatic carbocycles. The first-order valence-corrected chi connectivity index (χ1v) is 6.68. The van der Waals surface area contributed by atoms with E-state index in [-0.39, 0.29) is 6.61 Å². The van der Waals surface area contributed by atoms with E-state index in [1.54, 1.807) is 7.11 Å². The van der Waals surface area contributed by atoms with Crippen LogP contribution in [0.1, 0.15) is 24.8 Å². The predicted molar refractivity (Wildman–Crippen MR) is 69.8 cm³/mol. The Labute approximate surface area is 110 Å². The summed E-state index contributed by atoms with van der Waals surface area (Å²) in [5.41, 5.74) is 1.14. The molecule has 1 fully saturated rings. The molecule has 0 radical (unpaired) electrons. The van der Waals surface area contributed by atoms with Gasteiger partial charge in [-0.3, -0.25) is 0 Å². The molecule has 1 N–H and O–H groups in total. The zero-order valence-corrected chi connectivity index (χ0v) is 11.5. The molecule has 17 heavy (non-hydrogen) atoms. The van der Waals surface area contributed by atoms with Crippen LogP contribution < -0.4 is 9.47 Å². The molecule has 1 aliphatic rings. The lowest BCUT2D eigenvalue weighted by Crippen LogP contribution is -2.01. The summed E-state index contributed by atoms with van der Waals surface area (Å²) in [6, 6.07) is 4.02. The first-order chi connectivity index (χ1) is 8.24. The molecule has 0 saturated heterocycles. The molecule has 1 aromatic carbocycles. The number of rotatable bonds is 6. The molecule has 0 aliphatic heterocycles. The predicted octanol–water partition coefficient (Wildman–Crippen LogP) is 2.92. The van der Waals surface area contributed by atoms with Gasteiger partial charge in [0.2, 0.25) is 0 Å². The lowest BCUT2D eigenvalue weighted by Gasteiger charge is -2.13. The summed E-state index contributed by atoms with van der Waals surface area (Å²) in [4.78, 5) is 0. The summed E-state index contributed by atoms with van der Waals surface area (Å²) >= 11 is 3.52. The van der Waals surface area contributed by atoms with Crippen LogP contribution in [-0.2, 0) is 6.42 Å². The summed E-state index contributed by atoms with van der Waals surface area (Å²) in [6.45, 7) is 0.209. The van der Waals surface area contributed by atoms with Gasteiger partial charge in [0.1, 0.15) is 0 Å². The standard InChI is InChI=1S/C13H17BrO3/c1-16-12-8-9(3-2-6-15)7-11(14)13(12)17-10-4-5-10/h7-8,10,15H,2-6H2,1H3. The van der Waals surface area contributed by atoms with Gasteiger partial charge in [-0.15, -0.1) is 0 Å². The average Bonchev–Trinajstić information content (AvgIpc) is 3.13. The number of benzene rings is 1. The zero-order chi connectivity index (χ0) is 12.3. The van der Waals surface area contributed by atoms with Crippen molar-refractivity contribution in [3.05, 3.63) is 22.2 Å². The highest BCUT2D eigenvalue weighted by atomic mass is 79.9. The topological polar surface area (TPSA) is 38.7 Å². The minimum atomic E-state index is 0.209. The van der Waals surface area contributed by atoms with Crippen LogP contribution in [0, 0.1) is 0 Å². The largest absolute Gasteiger partial charge is 0.493 e. The molecule has 0 atom stereocenters. The van der Waals surface area contributed by atoms with Gasteiger partial charge >= 0.3 is 0 Å². The van der Waals surface area contributed by atoms with Crippen LogP contribution in [-0.4, -0.2) is 24.9 Å². The molecule has 3 nitrogen and oxygen atoms in total. The van der Waals surface area contributed by atoms with Gasteiger partial charge in [0.05, 0.1) is 17.7 Å². The maximum Gasteiger partial charge on any atom is 0.175 e. The number of methoxy groups -OCH3 is 1. The van der Waals surface area contributed by atoms with Gasteiger partial charge in [-0.1, -0.05) is 0 Å². The monoisotopic (exact) mass is 300 g/mol. The van der Waals surface area contributed by atoms with Crippen LogP contribution in [0.25, 0.3) is 0 Å². The normalized spacial score (nSPS) is 14.8. The Bertz CT molecular complexity index is 388. The van der Waals surface area contributed by atoms with E-state index in [1.807, 2.05) is 12.1 Å². The number of aryl methyl sites for hydroxylation is 1. The quantitative estimate of drug-likeness (QED) is 0.878. The van der Waals surface area contributed by atoms with Crippen molar-refractivity contribution >= 4 is 15.9 Å². The maximum atomic E-state index is 8.84. The third-order valence-corrected chi connectivity index (χ3v) is 3.31. The van der Waals surface area contributed by atoms with Crippen molar-refractivity contribution in [2.75, 3.05) is 13.7 Å². The van der Waals surface area contributed by atoms with Crippen LogP contribution in [0.5, 0.6) is 11.5 Å². The minimum Gasteiger partial charge on any atom is -0.493 e. The molecule has 0 heterocycles. The number of aliphatic hydroxyl groups excluding tert-OH is 1. The van der Waals surface area contributed by atoms with Gasteiger partial charge in [-0.05, 0) is 59.3 Å². The average molecular weight is 301 g/mol. The molecular weight excluding hydrogens is 284 g/mol.